The molecule has 1 aromatic carbocycles. The number of ether oxygens (including phenoxy) is 2. The van der Waals surface area contributed by atoms with Crippen LogP contribution in [-0.4, -0.2) is 44.0 Å². The van der Waals surface area contributed by atoms with Crippen molar-refractivity contribution >= 4 is 5.91 Å². The van der Waals surface area contributed by atoms with Gasteiger partial charge in [0, 0.05) is 18.7 Å². The fourth-order valence-corrected chi connectivity index (χ4v) is 1.61. The van der Waals surface area contributed by atoms with Crippen molar-refractivity contribution in [3.8, 4) is 5.75 Å². The van der Waals surface area contributed by atoms with E-state index < -0.39 is 0 Å². The molecular formula is C16H25NO4. The molecule has 1 amide bonds. The summed E-state index contributed by atoms with van der Waals surface area (Å²) < 4.78 is 10.7. The van der Waals surface area contributed by atoms with Crippen LogP contribution in [0, 0.1) is 5.92 Å². The van der Waals surface area contributed by atoms with Crippen LogP contribution in [0.3, 0.4) is 0 Å². The lowest BCUT2D eigenvalue weighted by molar-refractivity contribution is 0.0867. The number of carbonyl (C=O) groups excluding carboxylic acids is 1. The maximum atomic E-state index is 11.9. The number of rotatable bonds is 10. The Hall–Kier alpha value is -1.59. The molecule has 21 heavy (non-hydrogen) atoms. The highest BCUT2D eigenvalue weighted by Crippen LogP contribution is 2.13. The van der Waals surface area contributed by atoms with Gasteiger partial charge in [-0.05, 0) is 36.6 Å². The molecule has 5 nitrogen and oxygen atoms in total. The van der Waals surface area contributed by atoms with Crippen LogP contribution < -0.4 is 10.1 Å². The zero-order chi connectivity index (χ0) is 15.5. The fourth-order valence-electron chi connectivity index (χ4n) is 1.61. The fraction of sp³-hybridized carbons (Fsp3) is 0.562. The topological polar surface area (TPSA) is 67.8 Å². The van der Waals surface area contributed by atoms with E-state index in [4.69, 9.17) is 14.6 Å². The van der Waals surface area contributed by atoms with Gasteiger partial charge in [0.2, 0.25) is 0 Å². The van der Waals surface area contributed by atoms with Crippen LogP contribution in [0.1, 0.15) is 30.6 Å². The van der Waals surface area contributed by atoms with Crippen molar-refractivity contribution in [2.75, 3.05) is 33.0 Å². The Kier molecular flexibility index (Phi) is 8.47. The Morgan fingerprint density at radius 2 is 1.95 bits per heavy atom. The lowest BCUT2D eigenvalue weighted by atomic mass is 10.2. The molecule has 0 bridgehead atoms. The first-order chi connectivity index (χ1) is 10.1. The second kappa shape index (κ2) is 10.2. The molecule has 0 aliphatic heterocycles. The third-order valence-corrected chi connectivity index (χ3v) is 2.69. The normalized spacial score (nSPS) is 10.7. The van der Waals surface area contributed by atoms with Crippen LogP contribution in [0.5, 0.6) is 5.75 Å². The van der Waals surface area contributed by atoms with Gasteiger partial charge in [0.25, 0.3) is 5.91 Å². The number of aliphatic hydroxyl groups is 1. The highest BCUT2D eigenvalue weighted by Gasteiger charge is 2.05. The Morgan fingerprint density at radius 1 is 1.24 bits per heavy atom. The first-order valence-corrected chi connectivity index (χ1v) is 7.33. The molecule has 2 N–H and O–H groups in total. The number of benzene rings is 1. The number of carbonyl (C=O) groups is 1. The molecule has 0 aromatic heterocycles. The van der Waals surface area contributed by atoms with Crippen LogP contribution in [0.4, 0.5) is 0 Å². The Labute approximate surface area is 126 Å². The van der Waals surface area contributed by atoms with Gasteiger partial charge in [0.05, 0.1) is 19.8 Å². The van der Waals surface area contributed by atoms with E-state index in [1.807, 2.05) is 12.1 Å². The molecule has 0 spiro atoms. The van der Waals surface area contributed by atoms with Crippen LogP contribution >= 0.6 is 0 Å². The van der Waals surface area contributed by atoms with E-state index in [1.165, 1.54) is 0 Å². The van der Waals surface area contributed by atoms with E-state index in [0.29, 0.717) is 37.8 Å². The van der Waals surface area contributed by atoms with Crippen LogP contribution in [0.2, 0.25) is 0 Å². The molecule has 0 heterocycles. The van der Waals surface area contributed by atoms with Crippen molar-refractivity contribution in [1.29, 1.82) is 0 Å². The summed E-state index contributed by atoms with van der Waals surface area (Å²) in [6.45, 7) is 6.29. The maximum Gasteiger partial charge on any atom is 0.251 e. The minimum Gasteiger partial charge on any atom is -0.493 e. The molecule has 5 heteroatoms. The summed E-state index contributed by atoms with van der Waals surface area (Å²) in [6, 6.07) is 7.13. The smallest absolute Gasteiger partial charge is 0.251 e. The van der Waals surface area contributed by atoms with Crippen LogP contribution in [0.15, 0.2) is 24.3 Å². The van der Waals surface area contributed by atoms with Gasteiger partial charge in [-0.15, -0.1) is 0 Å². The average Bonchev–Trinajstić information content (AvgIpc) is 2.49. The minimum absolute atomic E-state index is 0.0254. The number of hydrogen-bond donors (Lipinski definition) is 2. The van der Waals surface area contributed by atoms with E-state index in [9.17, 15) is 4.79 Å². The molecule has 1 rings (SSSR count). The Morgan fingerprint density at radius 3 is 2.57 bits per heavy atom. The number of amides is 1. The third kappa shape index (κ3) is 7.68. The van der Waals surface area contributed by atoms with Gasteiger partial charge in [-0.2, -0.15) is 0 Å². The third-order valence-electron chi connectivity index (χ3n) is 2.69. The largest absolute Gasteiger partial charge is 0.493 e. The minimum atomic E-state index is -0.104. The highest BCUT2D eigenvalue weighted by atomic mass is 16.5. The van der Waals surface area contributed by atoms with E-state index in [-0.39, 0.29) is 12.5 Å². The maximum absolute atomic E-state index is 11.9. The molecule has 0 aliphatic carbocycles. The van der Waals surface area contributed by atoms with Gasteiger partial charge in [0.1, 0.15) is 5.75 Å². The first kappa shape index (κ1) is 17.5. The summed E-state index contributed by atoms with van der Waals surface area (Å²) in [5.41, 5.74) is 0.614. The van der Waals surface area contributed by atoms with Gasteiger partial charge >= 0.3 is 0 Å². The lowest BCUT2D eigenvalue weighted by Gasteiger charge is -2.09. The van der Waals surface area contributed by atoms with Crippen LogP contribution in [0.25, 0.3) is 0 Å². The van der Waals surface area contributed by atoms with Crippen molar-refractivity contribution in [2.24, 2.45) is 5.92 Å². The van der Waals surface area contributed by atoms with Gasteiger partial charge in [-0.1, -0.05) is 13.8 Å². The molecule has 0 aliphatic rings. The van der Waals surface area contributed by atoms with Gasteiger partial charge in [-0.25, -0.2) is 0 Å². The molecule has 0 fully saturated rings. The second-order valence-corrected chi connectivity index (χ2v) is 5.17. The average molecular weight is 295 g/mol. The second-order valence-electron chi connectivity index (χ2n) is 5.17. The zero-order valence-corrected chi connectivity index (χ0v) is 12.8. The van der Waals surface area contributed by atoms with Crippen molar-refractivity contribution in [2.45, 2.75) is 20.3 Å². The van der Waals surface area contributed by atoms with E-state index in [1.54, 1.807) is 12.1 Å². The van der Waals surface area contributed by atoms with Gasteiger partial charge < -0.3 is 19.9 Å². The molecule has 0 saturated carbocycles. The zero-order valence-electron chi connectivity index (χ0n) is 12.8. The summed E-state index contributed by atoms with van der Waals surface area (Å²) >= 11 is 0. The van der Waals surface area contributed by atoms with Crippen molar-refractivity contribution in [3.05, 3.63) is 29.8 Å². The summed E-state index contributed by atoms with van der Waals surface area (Å²) in [7, 11) is 0. The standard InChI is InChI=1S/C16H25NO4/c1-13(2)12-21-15-6-4-14(5-7-15)16(19)17-8-3-10-20-11-9-18/h4-7,13,18H,3,8-12H2,1-2H3,(H,17,19). The Balaban J connectivity index is 2.27. The summed E-state index contributed by atoms with van der Waals surface area (Å²) in [5.74, 6) is 1.14. The van der Waals surface area contributed by atoms with E-state index in [2.05, 4.69) is 19.2 Å². The summed E-state index contributed by atoms with van der Waals surface area (Å²) in [4.78, 5) is 11.9. The first-order valence-electron chi connectivity index (χ1n) is 7.33. The van der Waals surface area contributed by atoms with Crippen LogP contribution in [-0.2, 0) is 4.74 Å². The lowest BCUT2D eigenvalue weighted by Crippen LogP contribution is -2.25. The van der Waals surface area contributed by atoms with E-state index in [0.717, 1.165) is 12.2 Å². The molecule has 0 unspecified atom stereocenters. The highest BCUT2D eigenvalue weighted by molar-refractivity contribution is 5.94. The quantitative estimate of drug-likeness (QED) is 0.646. The van der Waals surface area contributed by atoms with Crippen molar-refractivity contribution < 1.29 is 19.4 Å². The molecule has 0 saturated heterocycles. The number of aliphatic hydroxyl groups excluding tert-OH is 1. The van der Waals surface area contributed by atoms with Gasteiger partial charge in [-0.3, -0.25) is 4.79 Å². The van der Waals surface area contributed by atoms with Crippen molar-refractivity contribution in [3.63, 3.8) is 0 Å². The summed E-state index contributed by atoms with van der Waals surface area (Å²) in [5, 5.41) is 11.4. The molecule has 1 aromatic rings. The predicted molar refractivity (Wildman–Crippen MR) is 81.6 cm³/mol. The molecule has 0 radical (unpaired) electrons. The van der Waals surface area contributed by atoms with E-state index >= 15 is 0 Å². The SMILES string of the molecule is CC(C)COc1ccc(C(=O)NCCCOCCO)cc1. The van der Waals surface area contributed by atoms with Crippen molar-refractivity contribution in [1.82, 2.24) is 5.32 Å². The summed E-state index contributed by atoms with van der Waals surface area (Å²) in [6.07, 6.45) is 0.724. The molecule has 118 valence electrons. The molecular weight excluding hydrogens is 270 g/mol. The predicted octanol–water partition coefficient (Wildman–Crippen LogP) is 1.85. The number of nitrogens with one attached hydrogen (secondary N) is 1. The molecule has 0 atom stereocenters. The Bertz CT molecular complexity index is 403. The van der Waals surface area contributed by atoms with Gasteiger partial charge in [0.15, 0.2) is 0 Å². The number of hydrogen-bond acceptors (Lipinski definition) is 4. The monoisotopic (exact) mass is 295 g/mol.